The summed E-state index contributed by atoms with van der Waals surface area (Å²) in [6.45, 7) is 7.32. The Kier molecular flexibility index (Phi) is 9.59. The zero-order valence-corrected chi connectivity index (χ0v) is 13.8. The molecular formula is C18H37N. The van der Waals surface area contributed by atoms with Gasteiger partial charge >= 0.3 is 0 Å². The molecule has 0 amide bonds. The van der Waals surface area contributed by atoms with Crippen LogP contribution in [0.5, 0.6) is 0 Å². The Morgan fingerprint density at radius 1 is 0.947 bits per heavy atom. The Labute approximate surface area is 122 Å². The molecule has 0 N–H and O–H groups in total. The van der Waals surface area contributed by atoms with E-state index in [1.54, 1.807) is 0 Å². The maximum absolute atomic E-state index is 2.49. The number of piperidine rings is 1. The van der Waals surface area contributed by atoms with Crippen LogP contribution in [0.25, 0.3) is 0 Å². The summed E-state index contributed by atoms with van der Waals surface area (Å²) in [6.07, 6.45) is 16.1. The molecule has 1 heteroatoms. The Morgan fingerprint density at radius 3 is 2.21 bits per heavy atom. The van der Waals surface area contributed by atoms with Gasteiger partial charge in [-0.25, -0.2) is 0 Å². The van der Waals surface area contributed by atoms with Crippen molar-refractivity contribution in [3.05, 3.63) is 0 Å². The molecule has 1 saturated heterocycles. The van der Waals surface area contributed by atoms with E-state index in [2.05, 4.69) is 25.8 Å². The normalized spacial score (nSPS) is 25.7. The van der Waals surface area contributed by atoms with Crippen molar-refractivity contribution in [1.82, 2.24) is 4.90 Å². The Balaban J connectivity index is 0.000000218. The molecule has 1 unspecified atom stereocenters. The second-order valence-corrected chi connectivity index (χ2v) is 7.01. The minimum atomic E-state index is 1.01. The van der Waals surface area contributed by atoms with Crippen LogP contribution < -0.4 is 0 Å². The van der Waals surface area contributed by atoms with Gasteiger partial charge in [-0.1, -0.05) is 65.2 Å². The average Bonchev–Trinajstić information content (AvgIpc) is 2.41. The number of hydrogen-bond donors (Lipinski definition) is 0. The van der Waals surface area contributed by atoms with E-state index in [4.69, 9.17) is 0 Å². The first-order valence-corrected chi connectivity index (χ1v) is 8.91. The summed E-state index contributed by atoms with van der Waals surface area (Å²) in [7, 11) is 2.26. The van der Waals surface area contributed by atoms with E-state index in [1.807, 2.05) is 0 Å². The molecule has 0 aromatic carbocycles. The van der Waals surface area contributed by atoms with Crippen LogP contribution in [0.4, 0.5) is 0 Å². The van der Waals surface area contributed by atoms with Gasteiger partial charge in [-0.3, -0.25) is 0 Å². The zero-order valence-electron chi connectivity index (χ0n) is 13.8. The van der Waals surface area contributed by atoms with Gasteiger partial charge in [0.2, 0.25) is 0 Å². The van der Waals surface area contributed by atoms with Crippen molar-refractivity contribution in [3.8, 4) is 0 Å². The third kappa shape index (κ3) is 8.68. The molecule has 114 valence electrons. The van der Waals surface area contributed by atoms with Crippen LogP contribution in [-0.4, -0.2) is 25.0 Å². The molecule has 0 bridgehead atoms. The number of nitrogens with zero attached hydrogens (tertiary/aromatic N) is 1. The van der Waals surface area contributed by atoms with E-state index in [0.717, 1.165) is 11.8 Å². The van der Waals surface area contributed by atoms with Crippen molar-refractivity contribution in [2.75, 3.05) is 20.1 Å². The lowest BCUT2D eigenvalue weighted by Crippen LogP contribution is -2.31. The fourth-order valence-electron chi connectivity index (χ4n) is 3.50. The van der Waals surface area contributed by atoms with Crippen molar-refractivity contribution >= 4 is 0 Å². The van der Waals surface area contributed by atoms with Crippen LogP contribution in [0.15, 0.2) is 0 Å². The van der Waals surface area contributed by atoms with Gasteiger partial charge in [-0.15, -0.1) is 0 Å². The lowest BCUT2D eigenvalue weighted by molar-refractivity contribution is 0.199. The highest BCUT2D eigenvalue weighted by molar-refractivity contribution is 4.70. The molecule has 2 rings (SSSR count). The third-order valence-electron chi connectivity index (χ3n) is 4.83. The molecule has 1 heterocycles. The molecule has 1 aliphatic carbocycles. The van der Waals surface area contributed by atoms with E-state index in [1.165, 1.54) is 83.7 Å². The molecule has 1 nitrogen and oxygen atoms in total. The van der Waals surface area contributed by atoms with Gasteiger partial charge < -0.3 is 4.90 Å². The molecule has 0 spiro atoms. The highest BCUT2D eigenvalue weighted by atomic mass is 15.1. The molecule has 1 atom stereocenters. The predicted molar refractivity (Wildman–Crippen MR) is 86.6 cm³/mol. The molecule has 0 aromatic rings. The van der Waals surface area contributed by atoms with Crippen molar-refractivity contribution < 1.29 is 0 Å². The monoisotopic (exact) mass is 267 g/mol. The molecule has 1 aliphatic heterocycles. The summed E-state index contributed by atoms with van der Waals surface area (Å²) in [6, 6.07) is 0. The van der Waals surface area contributed by atoms with Crippen LogP contribution >= 0.6 is 0 Å². The molecule has 0 aromatic heterocycles. The van der Waals surface area contributed by atoms with Gasteiger partial charge in [0.05, 0.1) is 0 Å². The molecule has 2 aliphatic rings. The Morgan fingerprint density at radius 2 is 1.68 bits per heavy atom. The summed E-state index contributed by atoms with van der Waals surface area (Å²) in [5, 5.41) is 0. The van der Waals surface area contributed by atoms with Gasteiger partial charge in [0, 0.05) is 6.54 Å². The van der Waals surface area contributed by atoms with Crippen LogP contribution in [0.3, 0.4) is 0 Å². The zero-order chi connectivity index (χ0) is 13.9. The topological polar surface area (TPSA) is 3.24 Å². The van der Waals surface area contributed by atoms with Gasteiger partial charge in [-0.2, -0.15) is 0 Å². The van der Waals surface area contributed by atoms with E-state index in [9.17, 15) is 0 Å². The quantitative estimate of drug-likeness (QED) is 0.608. The smallest absolute Gasteiger partial charge is 0.000661 e. The molecule has 19 heavy (non-hydrogen) atoms. The highest BCUT2D eigenvalue weighted by Gasteiger charge is 2.15. The minimum Gasteiger partial charge on any atom is -0.306 e. The van der Waals surface area contributed by atoms with Gasteiger partial charge in [0.1, 0.15) is 0 Å². The van der Waals surface area contributed by atoms with E-state index in [0.29, 0.717) is 0 Å². The van der Waals surface area contributed by atoms with Crippen LogP contribution in [0.2, 0.25) is 0 Å². The Bertz CT molecular complexity index is 196. The SMILES string of the molecule is CC1CCCCC1.CCCCCC1CCCN(C)C1. The molecular weight excluding hydrogens is 230 g/mol. The molecule has 1 saturated carbocycles. The van der Waals surface area contributed by atoms with Crippen LogP contribution in [0.1, 0.15) is 84.5 Å². The average molecular weight is 268 g/mol. The second-order valence-electron chi connectivity index (χ2n) is 7.01. The summed E-state index contributed by atoms with van der Waals surface area (Å²) >= 11 is 0. The van der Waals surface area contributed by atoms with Crippen LogP contribution in [0, 0.1) is 11.8 Å². The summed E-state index contributed by atoms with van der Waals surface area (Å²) in [4.78, 5) is 2.49. The lowest BCUT2D eigenvalue weighted by atomic mass is 9.91. The minimum absolute atomic E-state index is 1.01. The van der Waals surface area contributed by atoms with E-state index in [-0.39, 0.29) is 0 Å². The number of unbranched alkanes of at least 4 members (excludes halogenated alkanes) is 2. The third-order valence-corrected chi connectivity index (χ3v) is 4.83. The molecule has 0 radical (unpaired) electrons. The van der Waals surface area contributed by atoms with Gasteiger partial charge in [0.25, 0.3) is 0 Å². The maximum Gasteiger partial charge on any atom is 0.000661 e. The van der Waals surface area contributed by atoms with Crippen molar-refractivity contribution in [1.29, 1.82) is 0 Å². The van der Waals surface area contributed by atoms with E-state index >= 15 is 0 Å². The number of hydrogen-bond acceptors (Lipinski definition) is 1. The summed E-state index contributed by atoms with van der Waals surface area (Å²) < 4.78 is 0. The molecule has 2 fully saturated rings. The van der Waals surface area contributed by atoms with E-state index < -0.39 is 0 Å². The second kappa shape index (κ2) is 10.7. The van der Waals surface area contributed by atoms with Gasteiger partial charge in [-0.05, 0) is 44.7 Å². The fraction of sp³-hybridized carbons (Fsp3) is 1.00. The summed E-state index contributed by atoms with van der Waals surface area (Å²) in [5.41, 5.74) is 0. The largest absolute Gasteiger partial charge is 0.306 e. The standard InChI is InChI=1S/C11H23N.C7H14/c1-3-4-5-7-11-8-6-9-12(2)10-11;1-7-5-3-2-4-6-7/h11H,3-10H2,1-2H3;7H,2-6H2,1H3. The van der Waals surface area contributed by atoms with Crippen LogP contribution in [-0.2, 0) is 0 Å². The first-order chi connectivity index (χ1) is 9.22. The van der Waals surface area contributed by atoms with Crippen molar-refractivity contribution in [2.24, 2.45) is 11.8 Å². The summed E-state index contributed by atoms with van der Waals surface area (Å²) in [5.74, 6) is 2.05. The predicted octanol–water partition coefficient (Wildman–Crippen LogP) is 5.50. The van der Waals surface area contributed by atoms with Gasteiger partial charge in [0.15, 0.2) is 0 Å². The maximum atomic E-state index is 2.49. The highest BCUT2D eigenvalue weighted by Crippen LogP contribution is 2.22. The first kappa shape index (κ1) is 17.0. The fourth-order valence-corrected chi connectivity index (χ4v) is 3.50. The lowest BCUT2D eigenvalue weighted by Gasteiger charge is -2.29. The first-order valence-electron chi connectivity index (χ1n) is 8.91. The Hall–Kier alpha value is -0.0400. The number of rotatable bonds is 4. The van der Waals surface area contributed by atoms with Crippen molar-refractivity contribution in [3.63, 3.8) is 0 Å². The van der Waals surface area contributed by atoms with Crippen molar-refractivity contribution in [2.45, 2.75) is 84.5 Å². The number of likely N-dealkylation sites (tertiary alicyclic amines) is 1.